The highest BCUT2D eigenvalue weighted by molar-refractivity contribution is 5.44. The molecule has 2 N–H and O–H groups in total. The van der Waals surface area contributed by atoms with E-state index in [1.165, 1.54) is 11.3 Å². The van der Waals surface area contributed by atoms with Crippen molar-refractivity contribution in [1.29, 1.82) is 0 Å². The molecule has 23 heavy (non-hydrogen) atoms. The molecule has 0 aliphatic carbocycles. The lowest BCUT2D eigenvalue weighted by Crippen LogP contribution is -2.32. The minimum Gasteiger partial charge on any atom is -0.373 e. The molecule has 0 spiro atoms. The molecule has 3 nitrogen and oxygen atoms in total. The van der Waals surface area contributed by atoms with Crippen LogP contribution in [0.2, 0.25) is 0 Å². The molecule has 0 unspecified atom stereocenters. The number of likely N-dealkylation sites (tertiary alicyclic amines) is 1. The predicted octanol–water partition coefficient (Wildman–Crippen LogP) is 2.80. The predicted molar refractivity (Wildman–Crippen MR) is 97.9 cm³/mol. The molecule has 3 rings (SSSR count). The summed E-state index contributed by atoms with van der Waals surface area (Å²) in [6, 6.07) is 21.4. The van der Waals surface area contributed by atoms with Crippen LogP contribution in [0.3, 0.4) is 0 Å². The lowest BCUT2D eigenvalue weighted by molar-refractivity contribution is 0.332. The van der Waals surface area contributed by atoms with Crippen molar-refractivity contribution >= 4 is 5.69 Å². The topological polar surface area (TPSA) is 32.5 Å². The summed E-state index contributed by atoms with van der Waals surface area (Å²) in [6.45, 7) is 5.13. The Kier molecular flexibility index (Phi) is 5.31. The zero-order valence-electron chi connectivity index (χ0n) is 13.9. The van der Waals surface area contributed by atoms with Crippen LogP contribution in [0.1, 0.15) is 11.5 Å². The van der Waals surface area contributed by atoms with Gasteiger partial charge in [0, 0.05) is 44.8 Å². The Morgan fingerprint density at radius 3 is 2.30 bits per heavy atom. The zero-order valence-corrected chi connectivity index (χ0v) is 13.9. The summed E-state index contributed by atoms with van der Waals surface area (Å²) in [5.74, 6) is 1.14. The third-order valence-electron chi connectivity index (χ3n) is 5.00. The number of hydrogen-bond donors (Lipinski definition) is 1. The third kappa shape index (κ3) is 3.92. The first-order valence-electron chi connectivity index (χ1n) is 8.51. The van der Waals surface area contributed by atoms with Gasteiger partial charge in [0.15, 0.2) is 0 Å². The van der Waals surface area contributed by atoms with E-state index in [4.69, 9.17) is 5.73 Å². The van der Waals surface area contributed by atoms with Gasteiger partial charge in [0.25, 0.3) is 0 Å². The summed E-state index contributed by atoms with van der Waals surface area (Å²) < 4.78 is 0. The van der Waals surface area contributed by atoms with Crippen LogP contribution in [-0.2, 0) is 0 Å². The second-order valence-electron chi connectivity index (χ2n) is 6.53. The van der Waals surface area contributed by atoms with E-state index in [0.717, 1.165) is 32.7 Å². The number of para-hydroxylation sites is 1. The van der Waals surface area contributed by atoms with Crippen molar-refractivity contribution in [3.05, 3.63) is 66.2 Å². The molecule has 2 aromatic rings. The van der Waals surface area contributed by atoms with Crippen LogP contribution in [0.5, 0.6) is 0 Å². The first-order valence-corrected chi connectivity index (χ1v) is 8.51. The van der Waals surface area contributed by atoms with Crippen molar-refractivity contribution in [2.75, 3.05) is 44.7 Å². The van der Waals surface area contributed by atoms with Crippen molar-refractivity contribution in [1.82, 2.24) is 4.90 Å². The second-order valence-corrected chi connectivity index (χ2v) is 6.53. The van der Waals surface area contributed by atoms with Crippen molar-refractivity contribution in [2.45, 2.75) is 5.92 Å². The van der Waals surface area contributed by atoms with E-state index in [9.17, 15) is 0 Å². The smallest absolute Gasteiger partial charge is 0.0364 e. The molecule has 122 valence electrons. The summed E-state index contributed by atoms with van der Waals surface area (Å²) in [5.41, 5.74) is 8.75. The monoisotopic (exact) mass is 309 g/mol. The first-order chi connectivity index (χ1) is 11.3. The highest BCUT2D eigenvalue weighted by Crippen LogP contribution is 2.31. The Balaban J connectivity index is 1.58. The zero-order chi connectivity index (χ0) is 16.1. The maximum Gasteiger partial charge on any atom is 0.0364 e. The average Bonchev–Trinajstić information content (AvgIpc) is 3.04. The number of benzene rings is 2. The normalized spacial score (nSPS) is 21.5. The summed E-state index contributed by atoms with van der Waals surface area (Å²) >= 11 is 0. The van der Waals surface area contributed by atoms with Crippen LogP contribution in [0.15, 0.2) is 60.7 Å². The van der Waals surface area contributed by atoms with Gasteiger partial charge in [0.05, 0.1) is 0 Å². The second kappa shape index (κ2) is 7.62. The van der Waals surface area contributed by atoms with Gasteiger partial charge in [-0.2, -0.15) is 0 Å². The molecule has 2 atom stereocenters. The summed E-state index contributed by atoms with van der Waals surface area (Å²) in [6.07, 6.45) is 0. The first kappa shape index (κ1) is 16.0. The largest absolute Gasteiger partial charge is 0.373 e. The highest BCUT2D eigenvalue weighted by atomic mass is 15.2. The average molecular weight is 309 g/mol. The van der Waals surface area contributed by atoms with Gasteiger partial charge in [-0.15, -0.1) is 0 Å². The summed E-state index contributed by atoms with van der Waals surface area (Å²) in [5, 5.41) is 0. The van der Waals surface area contributed by atoms with Gasteiger partial charge in [0.2, 0.25) is 0 Å². The number of anilines is 1. The molecule has 2 aromatic carbocycles. The van der Waals surface area contributed by atoms with Crippen LogP contribution in [0, 0.1) is 5.92 Å². The Bertz CT molecular complexity index is 584. The van der Waals surface area contributed by atoms with Crippen LogP contribution in [-0.4, -0.2) is 44.7 Å². The van der Waals surface area contributed by atoms with Crippen molar-refractivity contribution in [3.8, 4) is 0 Å². The number of nitrogens with zero attached hydrogens (tertiary/aromatic N) is 2. The van der Waals surface area contributed by atoms with Gasteiger partial charge >= 0.3 is 0 Å². The molecular formula is C20H27N3. The molecule has 1 saturated heterocycles. The van der Waals surface area contributed by atoms with Gasteiger partial charge in [0.1, 0.15) is 0 Å². The van der Waals surface area contributed by atoms with E-state index in [1.54, 1.807) is 0 Å². The standard InChI is InChI=1S/C20H27N3/c1-22(19-10-6-3-7-11-19)12-13-23-15-18(14-21)20(16-23)17-8-4-2-5-9-17/h2-11,18,20H,12-16,21H2,1H3/t18-,20+/m1/s1. The van der Waals surface area contributed by atoms with E-state index in [-0.39, 0.29) is 0 Å². The molecule has 0 radical (unpaired) electrons. The fourth-order valence-corrected chi connectivity index (χ4v) is 3.56. The van der Waals surface area contributed by atoms with E-state index in [2.05, 4.69) is 77.5 Å². The number of likely N-dealkylation sites (N-methyl/N-ethyl adjacent to an activating group) is 1. The van der Waals surface area contributed by atoms with E-state index >= 15 is 0 Å². The van der Waals surface area contributed by atoms with Crippen molar-refractivity contribution in [3.63, 3.8) is 0 Å². The Morgan fingerprint density at radius 2 is 1.65 bits per heavy atom. The number of rotatable bonds is 6. The Hall–Kier alpha value is -1.84. The van der Waals surface area contributed by atoms with E-state index < -0.39 is 0 Å². The van der Waals surface area contributed by atoms with Gasteiger partial charge in [-0.3, -0.25) is 0 Å². The van der Waals surface area contributed by atoms with E-state index in [1.807, 2.05) is 0 Å². The third-order valence-corrected chi connectivity index (χ3v) is 5.00. The van der Waals surface area contributed by atoms with Gasteiger partial charge in [-0.25, -0.2) is 0 Å². The molecule has 0 aromatic heterocycles. The molecule has 1 heterocycles. The number of nitrogens with two attached hydrogens (primary N) is 1. The van der Waals surface area contributed by atoms with Crippen LogP contribution >= 0.6 is 0 Å². The van der Waals surface area contributed by atoms with Gasteiger partial charge < -0.3 is 15.5 Å². The molecule has 3 heteroatoms. The number of hydrogen-bond acceptors (Lipinski definition) is 3. The quantitative estimate of drug-likeness (QED) is 0.890. The maximum absolute atomic E-state index is 6.03. The molecule has 0 amide bonds. The highest BCUT2D eigenvalue weighted by Gasteiger charge is 2.32. The van der Waals surface area contributed by atoms with Gasteiger partial charge in [-0.1, -0.05) is 48.5 Å². The van der Waals surface area contributed by atoms with Crippen molar-refractivity contribution < 1.29 is 0 Å². The van der Waals surface area contributed by atoms with Crippen LogP contribution in [0.25, 0.3) is 0 Å². The fraction of sp³-hybridized carbons (Fsp3) is 0.400. The molecular weight excluding hydrogens is 282 g/mol. The SMILES string of the molecule is CN(CCN1C[C@@H](CN)[C@H](c2ccccc2)C1)c1ccccc1. The molecule has 0 saturated carbocycles. The minimum absolute atomic E-state index is 0.569. The fourth-order valence-electron chi connectivity index (χ4n) is 3.56. The van der Waals surface area contributed by atoms with Crippen molar-refractivity contribution in [2.24, 2.45) is 11.7 Å². The summed E-state index contributed by atoms with van der Waals surface area (Å²) in [7, 11) is 2.17. The molecule has 1 aliphatic heterocycles. The maximum atomic E-state index is 6.03. The molecule has 1 aliphatic rings. The minimum atomic E-state index is 0.569. The Morgan fingerprint density at radius 1 is 1.00 bits per heavy atom. The van der Waals surface area contributed by atoms with Crippen LogP contribution in [0.4, 0.5) is 5.69 Å². The molecule has 1 fully saturated rings. The molecule has 0 bridgehead atoms. The summed E-state index contributed by atoms with van der Waals surface area (Å²) in [4.78, 5) is 4.89. The van der Waals surface area contributed by atoms with E-state index in [0.29, 0.717) is 11.8 Å². The lowest BCUT2D eigenvalue weighted by Gasteiger charge is -2.23. The van der Waals surface area contributed by atoms with Gasteiger partial charge in [-0.05, 0) is 30.2 Å². The Labute approximate surface area is 139 Å². The lowest BCUT2D eigenvalue weighted by atomic mass is 9.89. The van der Waals surface area contributed by atoms with Crippen LogP contribution < -0.4 is 10.6 Å².